The van der Waals surface area contributed by atoms with Crippen molar-refractivity contribution in [2.75, 3.05) is 20.8 Å². The molecule has 1 aromatic rings. The Balaban J connectivity index is 1.93. The summed E-state index contributed by atoms with van der Waals surface area (Å²) in [5, 5.41) is 3.30. The Morgan fingerprint density at radius 1 is 1.29 bits per heavy atom. The van der Waals surface area contributed by atoms with Gasteiger partial charge in [0, 0.05) is 19.8 Å². The maximum Gasteiger partial charge on any atom is 0.119 e. The fourth-order valence-electron chi connectivity index (χ4n) is 1.87. The number of hydrogen-bond donors (Lipinski definition) is 1. The van der Waals surface area contributed by atoms with Gasteiger partial charge in [0.1, 0.15) is 5.75 Å². The highest BCUT2D eigenvalue weighted by Gasteiger charge is 2.23. The van der Waals surface area contributed by atoms with Crippen LogP contribution in [0, 0.1) is 0 Å². The molecule has 1 fully saturated rings. The molecule has 0 saturated heterocycles. The topological polar surface area (TPSA) is 30.5 Å². The van der Waals surface area contributed by atoms with Gasteiger partial charge in [-0.05, 0) is 44.0 Å². The lowest BCUT2D eigenvalue weighted by Crippen LogP contribution is -2.18. The number of methoxy groups -OCH3 is 1. The largest absolute Gasteiger partial charge is 0.490 e. The highest BCUT2D eigenvalue weighted by atomic mass is 16.5. The van der Waals surface area contributed by atoms with Crippen molar-refractivity contribution in [2.24, 2.45) is 0 Å². The van der Waals surface area contributed by atoms with Gasteiger partial charge in [-0.25, -0.2) is 0 Å². The number of hydrogen-bond acceptors (Lipinski definition) is 3. The minimum Gasteiger partial charge on any atom is -0.490 e. The summed E-state index contributed by atoms with van der Waals surface area (Å²) in [6, 6.07) is 8.74. The predicted molar refractivity (Wildman–Crippen MR) is 68.4 cm³/mol. The third-order valence-electron chi connectivity index (χ3n) is 3.07. The third-order valence-corrected chi connectivity index (χ3v) is 3.07. The third kappa shape index (κ3) is 3.72. The quantitative estimate of drug-likeness (QED) is 0.787. The molecule has 1 unspecified atom stereocenters. The van der Waals surface area contributed by atoms with Crippen LogP contribution in [-0.2, 0) is 4.74 Å². The van der Waals surface area contributed by atoms with E-state index in [0.717, 1.165) is 18.8 Å². The second-order valence-corrected chi connectivity index (χ2v) is 4.51. The van der Waals surface area contributed by atoms with E-state index < -0.39 is 0 Å². The molecule has 3 nitrogen and oxygen atoms in total. The van der Waals surface area contributed by atoms with Crippen LogP contribution >= 0.6 is 0 Å². The molecule has 1 aliphatic rings. The normalized spacial score (nSPS) is 16.8. The Labute approximate surface area is 103 Å². The number of benzene rings is 1. The Bertz CT molecular complexity index is 333. The average Bonchev–Trinajstić information content (AvgIpc) is 3.16. The van der Waals surface area contributed by atoms with Crippen molar-refractivity contribution in [1.29, 1.82) is 0 Å². The Hall–Kier alpha value is -1.06. The minimum absolute atomic E-state index is 0.352. The van der Waals surface area contributed by atoms with Crippen LogP contribution in [0.3, 0.4) is 0 Å². The van der Waals surface area contributed by atoms with E-state index in [1.807, 2.05) is 7.05 Å². The van der Waals surface area contributed by atoms with Crippen LogP contribution in [0.4, 0.5) is 0 Å². The van der Waals surface area contributed by atoms with Gasteiger partial charge in [0.2, 0.25) is 0 Å². The fraction of sp³-hybridized carbons (Fsp3) is 0.571. The standard InChI is InChI=1S/C14H21NO2/c1-15-14(9-10-16-2)11-3-5-12(6-4-11)17-13-7-8-13/h3-6,13-15H,7-10H2,1-2H3. The summed E-state index contributed by atoms with van der Waals surface area (Å²) in [5.74, 6) is 0.984. The molecule has 2 rings (SSSR count). The number of nitrogens with one attached hydrogen (secondary N) is 1. The van der Waals surface area contributed by atoms with Gasteiger partial charge in [0.15, 0.2) is 0 Å². The molecular weight excluding hydrogens is 214 g/mol. The summed E-state index contributed by atoms with van der Waals surface area (Å²) >= 11 is 0. The van der Waals surface area contributed by atoms with E-state index in [2.05, 4.69) is 29.6 Å². The van der Waals surface area contributed by atoms with E-state index in [4.69, 9.17) is 9.47 Å². The maximum absolute atomic E-state index is 5.73. The molecule has 0 radical (unpaired) electrons. The van der Waals surface area contributed by atoms with E-state index >= 15 is 0 Å². The molecule has 94 valence electrons. The minimum atomic E-state index is 0.352. The van der Waals surface area contributed by atoms with Crippen molar-refractivity contribution in [1.82, 2.24) is 5.32 Å². The maximum atomic E-state index is 5.73. The van der Waals surface area contributed by atoms with Gasteiger partial charge in [-0.3, -0.25) is 0 Å². The molecule has 0 spiro atoms. The average molecular weight is 235 g/mol. The van der Waals surface area contributed by atoms with Gasteiger partial charge in [-0.2, -0.15) is 0 Å². The molecule has 1 aromatic carbocycles. The van der Waals surface area contributed by atoms with Crippen LogP contribution in [0.15, 0.2) is 24.3 Å². The molecule has 1 aliphatic carbocycles. The van der Waals surface area contributed by atoms with Crippen molar-refractivity contribution >= 4 is 0 Å². The van der Waals surface area contributed by atoms with Crippen LogP contribution in [0.2, 0.25) is 0 Å². The van der Waals surface area contributed by atoms with Crippen molar-refractivity contribution in [3.8, 4) is 5.75 Å². The summed E-state index contributed by atoms with van der Waals surface area (Å²) in [5.41, 5.74) is 1.28. The van der Waals surface area contributed by atoms with Gasteiger partial charge in [-0.1, -0.05) is 12.1 Å². The van der Waals surface area contributed by atoms with Gasteiger partial charge < -0.3 is 14.8 Å². The number of ether oxygens (including phenoxy) is 2. The zero-order chi connectivity index (χ0) is 12.1. The molecule has 1 saturated carbocycles. The summed E-state index contributed by atoms with van der Waals surface area (Å²) in [6.45, 7) is 0.770. The molecular formula is C14H21NO2. The van der Waals surface area contributed by atoms with Crippen LogP contribution in [0.1, 0.15) is 30.9 Å². The second kappa shape index (κ2) is 6.03. The van der Waals surface area contributed by atoms with Gasteiger partial charge >= 0.3 is 0 Å². The van der Waals surface area contributed by atoms with Crippen LogP contribution in [-0.4, -0.2) is 26.9 Å². The van der Waals surface area contributed by atoms with Crippen LogP contribution in [0.25, 0.3) is 0 Å². The summed E-state index contributed by atoms with van der Waals surface area (Å²) in [7, 11) is 3.72. The van der Waals surface area contributed by atoms with E-state index in [1.165, 1.54) is 18.4 Å². The SMILES string of the molecule is CNC(CCOC)c1ccc(OC2CC2)cc1. The summed E-state index contributed by atoms with van der Waals surface area (Å²) in [4.78, 5) is 0. The Morgan fingerprint density at radius 3 is 2.53 bits per heavy atom. The molecule has 0 heterocycles. The highest BCUT2D eigenvalue weighted by Crippen LogP contribution is 2.27. The van der Waals surface area contributed by atoms with Crippen molar-refractivity contribution < 1.29 is 9.47 Å². The van der Waals surface area contributed by atoms with Gasteiger partial charge in [-0.15, -0.1) is 0 Å². The van der Waals surface area contributed by atoms with Gasteiger partial charge in [0.05, 0.1) is 6.10 Å². The van der Waals surface area contributed by atoms with E-state index in [9.17, 15) is 0 Å². The molecule has 1 N–H and O–H groups in total. The molecule has 3 heteroatoms. The molecule has 0 amide bonds. The first-order valence-corrected chi connectivity index (χ1v) is 6.26. The zero-order valence-electron chi connectivity index (χ0n) is 10.6. The van der Waals surface area contributed by atoms with E-state index in [-0.39, 0.29) is 0 Å². The lowest BCUT2D eigenvalue weighted by Gasteiger charge is -2.16. The van der Waals surface area contributed by atoms with Crippen molar-refractivity contribution in [3.63, 3.8) is 0 Å². The molecule has 0 aromatic heterocycles. The monoisotopic (exact) mass is 235 g/mol. The zero-order valence-corrected chi connectivity index (χ0v) is 10.6. The predicted octanol–water partition coefficient (Wildman–Crippen LogP) is 2.52. The molecule has 1 atom stereocenters. The highest BCUT2D eigenvalue weighted by molar-refractivity contribution is 5.29. The van der Waals surface area contributed by atoms with E-state index in [0.29, 0.717) is 12.1 Å². The fourth-order valence-corrected chi connectivity index (χ4v) is 1.87. The number of rotatable bonds is 7. The summed E-state index contributed by atoms with van der Waals surface area (Å²) < 4.78 is 10.8. The lowest BCUT2D eigenvalue weighted by molar-refractivity contribution is 0.184. The van der Waals surface area contributed by atoms with Crippen LogP contribution < -0.4 is 10.1 Å². The Kier molecular flexibility index (Phi) is 4.40. The van der Waals surface area contributed by atoms with Crippen LogP contribution in [0.5, 0.6) is 5.75 Å². The smallest absolute Gasteiger partial charge is 0.119 e. The molecule has 0 bridgehead atoms. The Morgan fingerprint density at radius 2 is 2.00 bits per heavy atom. The summed E-state index contributed by atoms with van der Waals surface area (Å²) in [6.07, 6.45) is 3.86. The lowest BCUT2D eigenvalue weighted by atomic mass is 10.0. The van der Waals surface area contributed by atoms with Crippen molar-refractivity contribution in [3.05, 3.63) is 29.8 Å². The first-order valence-electron chi connectivity index (χ1n) is 6.26. The molecule has 0 aliphatic heterocycles. The van der Waals surface area contributed by atoms with E-state index in [1.54, 1.807) is 7.11 Å². The molecule has 17 heavy (non-hydrogen) atoms. The van der Waals surface area contributed by atoms with Crippen molar-refractivity contribution in [2.45, 2.75) is 31.4 Å². The first-order chi connectivity index (χ1) is 8.33. The second-order valence-electron chi connectivity index (χ2n) is 4.51. The first kappa shape index (κ1) is 12.4. The van der Waals surface area contributed by atoms with Gasteiger partial charge in [0.25, 0.3) is 0 Å².